The van der Waals surface area contributed by atoms with Crippen molar-refractivity contribution in [3.8, 4) is 0 Å². The molecule has 0 aliphatic carbocycles. The molecule has 16 heavy (non-hydrogen) atoms. The minimum atomic E-state index is 0.454. The van der Waals surface area contributed by atoms with Crippen LogP contribution in [0.5, 0.6) is 0 Å². The van der Waals surface area contributed by atoms with Gasteiger partial charge in [0.2, 0.25) is 0 Å². The van der Waals surface area contributed by atoms with Gasteiger partial charge < -0.3 is 5.32 Å². The molecule has 1 rings (SSSR count). The van der Waals surface area contributed by atoms with E-state index in [1.807, 2.05) is 0 Å². The Kier molecular flexibility index (Phi) is 4.81. The Hall–Kier alpha value is -0.0800. The van der Waals surface area contributed by atoms with Gasteiger partial charge in [-0.1, -0.05) is 34.6 Å². The molecule has 0 amide bonds. The predicted octanol–water partition coefficient (Wildman–Crippen LogP) is 2.74. The lowest BCUT2D eigenvalue weighted by molar-refractivity contribution is 0.0903. The van der Waals surface area contributed by atoms with Crippen LogP contribution in [0.1, 0.15) is 48.0 Å². The highest BCUT2D eigenvalue weighted by molar-refractivity contribution is 4.86. The zero-order valence-corrected chi connectivity index (χ0v) is 12.0. The van der Waals surface area contributed by atoms with Crippen LogP contribution in [0.15, 0.2) is 0 Å². The van der Waals surface area contributed by atoms with Crippen LogP contribution in [0.25, 0.3) is 0 Å². The molecular weight excluding hydrogens is 196 g/mol. The van der Waals surface area contributed by atoms with Gasteiger partial charge in [-0.05, 0) is 31.2 Å². The Balaban J connectivity index is 2.51. The summed E-state index contributed by atoms with van der Waals surface area (Å²) in [5, 5.41) is 3.60. The van der Waals surface area contributed by atoms with Crippen molar-refractivity contribution in [2.75, 3.05) is 19.6 Å². The summed E-state index contributed by atoms with van der Waals surface area (Å²) in [5.41, 5.74) is 0.454. The first kappa shape index (κ1) is 14.0. The van der Waals surface area contributed by atoms with Crippen molar-refractivity contribution in [1.29, 1.82) is 0 Å². The Labute approximate surface area is 102 Å². The summed E-state index contributed by atoms with van der Waals surface area (Å²) < 4.78 is 0. The largest absolute Gasteiger partial charge is 0.311 e. The van der Waals surface area contributed by atoms with Crippen LogP contribution in [0.2, 0.25) is 0 Å². The van der Waals surface area contributed by atoms with E-state index in [9.17, 15) is 0 Å². The zero-order valence-electron chi connectivity index (χ0n) is 12.0. The fraction of sp³-hybridized carbons (Fsp3) is 1.00. The van der Waals surface area contributed by atoms with Crippen LogP contribution < -0.4 is 5.32 Å². The second-order valence-corrected chi connectivity index (χ2v) is 6.93. The molecule has 2 unspecified atom stereocenters. The summed E-state index contributed by atoms with van der Waals surface area (Å²) in [6, 6.07) is 1.37. The van der Waals surface area contributed by atoms with Crippen LogP contribution in [0.4, 0.5) is 0 Å². The first-order valence-electron chi connectivity index (χ1n) is 6.77. The molecule has 0 aromatic rings. The van der Waals surface area contributed by atoms with Crippen LogP contribution in [0, 0.1) is 11.3 Å². The van der Waals surface area contributed by atoms with Crippen LogP contribution in [0.3, 0.4) is 0 Å². The molecule has 0 aromatic carbocycles. The number of nitrogens with one attached hydrogen (secondary N) is 1. The van der Waals surface area contributed by atoms with Crippen molar-refractivity contribution in [3.05, 3.63) is 0 Å². The van der Waals surface area contributed by atoms with Crippen LogP contribution in [-0.4, -0.2) is 36.6 Å². The first-order chi connectivity index (χ1) is 7.29. The van der Waals surface area contributed by atoms with E-state index in [0.717, 1.165) is 18.5 Å². The van der Waals surface area contributed by atoms with Gasteiger partial charge in [0.1, 0.15) is 0 Å². The third-order valence-corrected chi connectivity index (χ3v) is 3.57. The molecule has 0 bridgehead atoms. The van der Waals surface area contributed by atoms with E-state index in [1.165, 1.54) is 19.5 Å². The van der Waals surface area contributed by atoms with Gasteiger partial charge in [-0.15, -0.1) is 0 Å². The number of hydrogen-bond donors (Lipinski definition) is 1. The summed E-state index contributed by atoms with van der Waals surface area (Å²) in [7, 11) is 0. The third-order valence-electron chi connectivity index (χ3n) is 3.57. The highest BCUT2D eigenvalue weighted by atomic mass is 15.2. The number of piperazine rings is 1. The number of nitrogens with zero attached hydrogens (tertiary/aromatic N) is 1. The quantitative estimate of drug-likeness (QED) is 0.796. The lowest BCUT2D eigenvalue weighted by Crippen LogP contribution is -2.57. The van der Waals surface area contributed by atoms with E-state index in [0.29, 0.717) is 11.5 Å². The molecule has 96 valence electrons. The predicted molar refractivity (Wildman–Crippen MR) is 71.7 cm³/mol. The maximum atomic E-state index is 3.60. The normalized spacial score (nSPS) is 28.7. The third kappa shape index (κ3) is 4.42. The van der Waals surface area contributed by atoms with Crippen molar-refractivity contribution in [3.63, 3.8) is 0 Å². The zero-order chi connectivity index (χ0) is 12.3. The summed E-state index contributed by atoms with van der Waals surface area (Å²) in [4.78, 5) is 2.69. The standard InChI is InChI=1S/C14H30N2/c1-11(2)13-9-15-12(3)10-16(13)8-7-14(4,5)6/h11-13,15H,7-10H2,1-6H3. The van der Waals surface area contributed by atoms with E-state index in [1.54, 1.807) is 0 Å². The van der Waals surface area contributed by atoms with Gasteiger partial charge in [-0.25, -0.2) is 0 Å². The average Bonchev–Trinajstić information content (AvgIpc) is 2.13. The van der Waals surface area contributed by atoms with Crippen molar-refractivity contribution >= 4 is 0 Å². The highest BCUT2D eigenvalue weighted by Crippen LogP contribution is 2.22. The molecule has 0 spiro atoms. The van der Waals surface area contributed by atoms with E-state index >= 15 is 0 Å². The molecule has 2 atom stereocenters. The van der Waals surface area contributed by atoms with Crippen LogP contribution in [-0.2, 0) is 0 Å². The maximum Gasteiger partial charge on any atom is 0.0244 e. The molecule has 1 fully saturated rings. The minimum absolute atomic E-state index is 0.454. The maximum absolute atomic E-state index is 3.60. The Morgan fingerprint density at radius 3 is 2.44 bits per heavy atom. The molecule has 1 N–H and O–H groups in total. The lowest BCUT2D eigenvalue weighted by Gasteiger charge is -2.42. The molecule has 0 saturated carbocycles. The molecule has 1 aliphatic rings. The van der Waals surface area contributed by atoms with Gasteiger partial charge in [0.05, 0.1) is 0 Å². The van der Waals surface area contributed by atoms with E-state index in [2.05, 4.69) is 51.8 Å². The summed E-state index contributed by atoms with van der Waals surface area (Å²) in [5.74, 6) is 0.750. The van der Waals surface area contributed by atoms with Gasteiger partial charge in [-0.3, -0.25) is 4.90 Å². The second kappa shape index (κ2) is 5.50. The van der Waals surface area contributed by atoms with Gasteiger partial charge in [0, 0.05) is 25.2 Å². The summed E-state index contributed by atoms with van der Waals surface area (Å²) >= 11 is 0. The molecule has 2 nitrogen and oxygen atoms in total. The highest BCUT2D eigenvalue weighted by Gasteiger charge is 2.28. The molecule has 1 heterocycles. The number of rotatable bonds is 3. The van der Waals surface area contributed by atoms with Gasteiger partial charge in [0.15, 0.2) is 0 Å². The lowest BCUT2D eigenvalue weighted by atomic mass is 9.90. The molecular formula is C14H30N2. The summed E-state index contributed by atoms with van der Waals surface area (Å²) in [6.07, 6.45) is 1.29. The van der Waals surface area contributed by atoms with Crippen molar-refractivity contribution in [2.45, 2.75) is 60.0 Å². The SMILES string of the molecule is CC1CN(CCC(C)(C)C)C(C(C)C)CN1. The van der Waals surface area contributed by atoms with E-state index < -0.39 is 0 Å². The van der Waals surface area contributed by atoms with E-state index in [4.69, 9.17) is 0 Å². The fourth-order valence-electron chi connectivity index (χ4n) is 2.40. The van der Waals surface area contributed by atoms with Crippen molar-refractivity contribution < 1.29 is 0 Å². The average molecular weight is 226 g/mol. The number of hydrogen-bond acceptors (Lipinski definition) is 2. The molecule has 2 heteroatoms. The Bertz CT molecular complexity index is 205. The van der Waals surface area contributed by atoms with Crippen molar-refractivity contribution in [1.82, 2.24) is 10.2 Å². The van der Waals surface area contributed by atoms with E-state index in [-0.39, 0.29) is 0 Å². The van der Waals surface area contributed by atoms with Crippen molar-refractivity contribution in [2.24, 2.45) is 11.3 Å². The van der Waals surface area contributed by atoms with Crippen LogP contribution >= 0.6 is 0 Å². The second-order valence-electron chi connectivity index (χ2n) is 6.93. The topological polar surface area (TPSA) is 15.3 Å². The monoisotopic (exact) mass is 226 g/mol. The Morgan fingerprint density at radius 2 is 1.94 bits per heavy atom. The van der Waals surface area contributed by atoms with Gasteiger partial charge in [-0.2, -0.15) is 0 Å². The molecule has 1 aliphatic heterocycles. The van der Waals surface area contributed by atoms with Gasteiger partial charge >= 0.3 is 0 Å². The van der Waals surface area contributed by atoms with Gasteiger partial charge in [0.25, 0.3) is 0 Å². The summed E-state index contributed by atoms with van der Waals surface area (Å²) in [6.45, 7) is 17.6. The molecule has 0 radical (unpaired) electrons. The molecule has 1 saturated heterocycles. The first-order valence-corrected chi connectivity index (χ1v) is 6.77. The Morgan fingerprint density at radius 1 is 1.31 bits per heavy atom. The fourth-order valence-corrected chi connectivity index (χ4v) is 2.40. The smallest absolute Gasteiger partial charge is 0.0244 e. The minimum Gasteiger partial charge on any atom is -0.311 e. The molecule has 0 aromatic heterocycles.